The first-order valence-corrected chi connectivity index (χ1v) is 21.3. The summed E-state index contributed by atoms with van der Waals surface area (Å²) in [5.41, 5.74) is 0.885. The highest BCUT2D eigenvalue weighted by Crippen LogP contribution is 2.83. The molecular formula is C31H56O3Si2. The van der Waals surface area contributed by atoms with Crippen LogP contribution in [0.25, 0.3) is 0 Å². The molecule has 0 aromatic carbocycles. The van der Waals surface area contributed by atoms with E-state index in [1.54, 1.807) is 0 Å². The summed E-state index contributed by atoms with van der Waals surface area (Å²) in [6.07, 6.45) is 11.7. The van der Waals surface area contributed by atoms with Gasteiger partial charge in [-0.1, -0.05) is 48.5 Å². The van der Waals surface area contributed by atoms with Gasteiger partial charge in [-0.3, -0.25) is 0 Å². The molecule has 0 radical (unpaired) electrons. The molecule has 0 amide bonds. The minimum Gasteiger partial charge on any atom is -0.413 e. The van der Waals surface area contributed by atoms with Crippen LogP contribution in [0.3, 0.4) is 0 Å². The van der Waals surface area contributed by atoms with Gasteiger partial charge in [0.25, 0.3) is 0 Å². The number of ether oxygens (including phenoxy) is 1. The van der Waals surface area contributed by atoms with Crippen LogP contribution in [0.4, 0.5) is 0 Å². The lowest BCUT2D eigenvalue weighted by molar-refractivity contribution is -0.261. The topological polar surface area (TPSA) is 27.7 Å². The third-order valence-corrected chi connectivity index (χ3v) is 22.8. The van der Waals surface area contributed by atoms with Gasteiger partial charge in [-0.05, 0) is 110 Å². The van der Waals surface area contributed by atoms with Gasteiger partial charge in [0.15, 0.2) is 22.4 Å². The Morgan fingerprint density at radius 2 is 1.42 bits per heavy atom. The van der Waals surface area contributed by atoms with Gasteiger partial charge in [0.2, 0.25) is 0 Å². The van der Waals surface area contributed by atoms with Gasteiger partial charge in [-0.2, -0.15) is 0 Å². The van der Waals surface area contributed by atoms with Crippen molar-refractivity contribution in [3.05, 3.63) is 0 Å². The molecule has 5 aliphatic carbocycles. The van der Waals surface area contributed by atoms with E-state index in [1.165, 1.54) is 51.4 Å². The van der Waals surface area contributed by atoms with Crippen molar-refractivity contribution in [2.75, 3.05) is 0 Å². The Balaban J connectivity index is 1.20. The molecule has 7 aliphatic rings. The summed E-state index contributed by atoms with van der Waals surface area (Å²) < 4.78 is 21.3. The summed E-state index contributed by atoms with van der Waals surface area (Å²) in [6, 6.07) is 0. The van der Waals surface area contributed by atoms with Crippen molar-refractivity contribution < 1.29 is 13.6 Å². The molecule has 7 rings (SSSR count). The van der Waals surface area contributed by atoms with E-state index in [1.807, 2.05) is 0 Å². The fourth-order valence-corrected chi connectivity index (χ4v) is 12.9. The summed E-state index contributed by atoms with van der Waals surface area (Å²) in [5.74, 6) is 4.01. The number of fused-ring (bicyclic) bond motifs is 3. The van der Waals surface area contributed by atoms with Crippen LogP contribution in [0.5, 0.6) is 0 Å². The van der Waals surface area contributed by atoms with Crippen molar-refractivity contribution in [3.8, 4) is 0 Å². The van der Waals surface area contributed by atoms with E-state index in [2.05, 4.69) is 74.7 Å². The number of hydrogen-bond donors (Lipinski definition) is 0. The standard InChI is InChI=1S/C31H56O3Si2/c1-27(2,3)35(8,9)33-25-15-14-22-21-13-12-20-18-30(34-36(10,11)28(4,5)6)19-24-26(32-30)31(20,24)23(21)16-17-29(22,25)7/h20-26H,12-19H2,1-11H3/t20-,21-,22-,23-,24-,25-,26+,29-,30-,31+/m0/s1. The second kappa shape index (κ2) is 7.53. The quantitative estimate of drug-likeness (QED) is 0.339. The van der Waals surface area contributed by atoms with E-state index in [0.29, 0.717) is 28.1 Å². The third-order valence-electron chi connectivity index (χ3n) is 13.9. The Kier molecular flexibility index (Phi) is 5.55. The number of rotatable bonds is 4. The van der Waals surface area contributed by atoms with Crippen molar-refractivity contribution in [1.82, 2.24) is 0 Å². The molecule has 3 nitrogen and oxygen atoms in total. The first-order valence-electron chi connectivity index (χ1n) is 15.4. The van der Waals surface area contributed by atoms with E-state index in [-0.39, 0.29) is 10.8 Å². The molecule has 5 saturated carbocycles. The van der Waals surface area contributed by atoms with Gasteiger partial charge in [0.1, 0.15) is 0 Å². The minimum atomic E-state index is -1.85. The van der Waals surface area contributed by atoms with E-state index in [0.717, 1.165) is 29.6 Å². The van der Waals surface area contributed by atoms with Crippen molar-refractivity contribution in [2.45, 2.75) is 154 Å². The van der Waals surface area contributed by atoms with Crippen molar-refractivity contribution >= 4 is 16.6 Å². The lowest BCUT2D eigenvalue weighted by Gasteiger charge is -2.60. The summed E-state index contributed by atoms with van der Waals surface area (Å²) in [7, 11) is -3.59. The predicted molar refractivity (Wildman–Crippen MR) is 153 cm³/mol. The predicted octanol–water partition coefficient (Wildman–Crippen LogP) is 8.76. The van der Waals surface area contributed by atoms with Crippen LogP contribution >= 0.6 is 0 Å². The molecule has 10 atom stereocenters. The van der Waals surface area contributed by atoms with E-state index in [4.69, 9.17) is 13.6 Å². The highest BCUT2D eigenvalue weighted by atomic mass is 28.4. The molecule has 2 heterocycles. The zero-order chi connectivity index (χ0) is 26.3. The Bertz CT molecular complexity index is 902. The smallest absolute Gasteiger partial charge is 0.195 e. The summed E-state index contributed by atoms with van der Waals surface area (Å²) in [6.45, 7) is 26.7. The molecule has 2 saturated heterocycles. The maximum absolute atomic E-state index is 7.18. The minimum absolute atomic E-state index is 0.239. The Morgan fingerprint density at radius 1 is 0.750 bits per heavy atom. The normalized spacial score (nSPS) is 49.9. The van der Waals surface area contributed by atoms with Crippen molar-refractivity contribution in [2.24, 2.45) is 40.4 Å². The van der Waals surface area contributed by atoms with Crippen LogP contribution < -0.4 is 0 Å². The fourth-order valence-electron chi connectivity index (χ4n) is 10.0. The first kappa shape index (κ1) is 26.5. The zero-order valence-corrected chi connectivity index (χ0v) is 27.4. The van der Waals surface area contributed by atoms with Gasteiger partial charge in [-0.15, -0.1) is 0 Å². The largest absolute Gasteiger partial charge is 0.413 e. The molecule has 7 fully saturated rings. The maximum atomic E-state index is 7.18. The molecule has 206 valence electrons. The van der Waals surface area contributed by atoms with Crippen LogP contribution in [0.15, 0.2) is 0 Å². The fraction of sp³-hybridized carbons (Fsp3) is 1.00. The van der Waals surface area contributed by atoms with E-state index >= 15 is 0 Å². The molecule has 5 heteroatoms. The monoisotopic (exact) mass is 532 g/mol. The van der Waals surface area contributed by atoms with Crippen molar-refractivity contribution in [1.29, 1.82) is 0 Å². The molecule has 0 aromatic heterocycles. The van der Waals surface area contributed by atoms with E-state index in [9.17, 15) is 0 Å². The molecular weight excluding hydrogens is 477 g/mol. The summed E-state index contributed by atoms with van der Waals surface area (Å²) in [4.78, 5) is 0. The second-order valence-corrected chi connectivity index (χ2v) is 26.9. The van der Waals surface area contributed by atoms with Crippen LogP contribution in [0, 0.1) is 40.4 Å². The van der Waals surface area contributed by atoms with Gasteiger partial charge in [-0.25, -0.2) is 0 Å². The lowest BCUT2D eigenvalue weighted by atomic mass is 9.48. The maximum Gasteiger partial charge on any atom is 0.195 e. The number of hydrogen-bond acceptors (Lipinski definition) is 3. The summed E-state index contributed by atoms with van der Waals surface area (Å²) >= 11 is 0. The SMILES string of the molecule is CC(C)(C)[Si](C)(C)O[C@H]1CC[C@H]2[C@@H]3CC[C@H]4C[C@]5(O[Si](C)(C)C(C)(C)C)C[C@H]6[C@@H](O5)[C@@]46[C@H]3CC[C@]12C. The average Bonchev–Trinajstić information content (AvgIpc) is 3.02. The molecule has 36 heavy (non-hydrogen) atoms. The van der Waals surface area contributed by atoms with Gasteiger partial charge in [0.05, 0.1) is 12.2 Å². The Hall–Kier alpha value is 0.314. The van der Waals surface area contributed by atoms with Crippen molar-refractivity contribution in [3.63, 3.8) is 0 Å². The second-order valence-electron chi connectivity index (χ2n) is 17.5. The third kappa shape index (κ3) is 3.37. The van der Waals surface area contributed by atoms with Crippen LogP contribution in [0.2, 0.25) is 36.3 Å². The molecule has 4 bridgehead atoms. The molecule has 0 aromatic rings. The van der Waals surface area contributed by atoms with Gasteiger partial charge < -0.3 is 13.6 Å². The van der Waals surface area contributed by atoms with Crippen LogP contribution in [-0.2, 0) is 13.6 Å². The van der Waals surface area contributed by atoms with Gasteiger partial charge in [0, 0.05) is 18.3 Å². The molecule has 2 aliphatic heterocycles. The molecule has 0 N–H and O–H groups in total. The first-order chi connectivity index (χ1) is 16.4. The van der Waals surface area contributed by atoms with Gasteiger partial charge >= 0.3 is 0 Å². The van der Waals surface area contributed by atoms with Crippen LogP contribution in [-0.4, -0.2) is 34.6 Å². The highest BCUT2D eigenvalue weighted by Gasteiger charge is 2.84. The lowest BCUT2D eigenvalue weighted by Crippen LogP contribution is -2.60. The Morgan fingerprint density at radius 3 is 2.00 bits per heavy atom. The van der Waals surface area contributed by atoms with E-state index < -0.39 is 16.6 Å². The molecule has 0 unspecified atom stereocenters. The molecule has 1 spiro atoms. The zero-order valence-electron chi connectivity index (χ0n) is 25.4. The highest BCUT2D eigenvalue weighted by molar-refractivity contribution is 6.74. The summed E-state index contributed by atoms with van der Waals surface area (Å²) in [5, 5.41) is 0.531. The van der Waals surface area contributed by atoms with Crippen LogP contribution in [0.1, 0.15) is 99.8 Å². The average molecular weight is 533 g/mol. The Labute approximate surface area is 224 Å².